The molecule has 1 aromatic rings. The van der Waals surface area contributed by atoms with Crippen molar-refractivity contribution in [2.24, 2.45) is 5.92 Å². The Morgan fingerprint density at radius 2 is 1.55 bits per heavy atom. The standard InChI is InChI=1S/C26H36N6O8/c1-17-12-24(37)32(26(17)39)9-11-40-10-8-20(33)28-15-22(35)29-16-23(36)31-19(13-18-6-4-3-5-7-18)25(38)30-14-21(34)27-2/h3-7,17,19H,8-16H2,1-2H3,(H,27,34)(H,28,33)(H,29,35)(H,30,38)(H,31,36). The zero-order valence-corrected chi connectivity index (χ0v) is 22.6. The minimum atomic E-state index is -0.985. The molecule has 5 N–H and O–H groups in total. The summed E-state index contributed by atoms with van der Waals surface area (Å²) in [5.41, 5.74) is 0.784. The van der Waals surface area contributed by atoms with Gasteiger partial charge in [0.1, 0.15) is 6.04 Å². The number of rotatable bonds is 16. The molecule has 1 aliphatic rings. The Balaban J connectivity index is 1.67. The van der Waals surface area contributed by atoms with Gasteiger partial charge >= 0.3 is 0 Å². The largest absolute Gasteiger partial charge is 0.379 e. The van der Waals surface area contributed by atoms with Crippen molar-refractivity contribution < 1.29 is 38.3 Å². The van der Waals surface area contributed by atoms with E-state index in [4.69, 9.17) is 4.74 Å². The molecule has 1 aliphatic heterocycles. The molecule has 0 bridgehead atoms. The van der Waals surface area contributed by atoms with Gasteiger partial charge < -0.3 is 31.3 Å². The first-order valence-electron chi connectivity index (χ1n) is 12.9. The molecule has 14 nitrogen and oxygen atoms in total. The fourth-order valence-corrected chi connectivity index (χ4v) is 3.70. The highest BCUT2D eigenvalue weighted by Gasteiger charge is 2.34. The summed E-state index contributed by atoms with van der Waals surface area (Å²) in [7, 11) is 1.43. The molecule has 0 saturated carbocycles. The molecule has 1 aromatic carbocycles. The summed E-state index contributed by atoms with van der Waals surface area (Å²) in [6, 6.07) is 7.98. The number of likely N-dealkylation sites (tertiary alicyclic amines) is 1. The Kier molecular flexibility index (Phi) is 13.2. The third-order valence-electron chi connectivity index (χ3n) is 5.93. The smallest absolute Gasteiger partial charge is 0.243 e. The Labute approximate surface area is 231 Å². The van der Waals surface area contributed by atoms with E-state index in [2.05, 4.69) is 26.6 Å². The molecule has 0 aliphatic carbocycles. The van der Waals surface area contributed by atoms with Gasteiger partial charge in [0.15, 0.2) is 0 Å². The van der Waals surface area contributed by atoms with Crippen LogP contribution in [0.2, 0.25) is 0 Å². The van der Waals surface area contributed by atoms with E-state index in [0.717, 1.165) is 10.5 Å². The maximum Gasteiger partial charge on any atom is 0.243 e. The second kappa shape index (κ2) is 16.6. The molecule has 1 heterocycles. The lowest BCUT2D eigenvalue weighted by atomic mass is 10.1. The summed E-state index contributed by atoms with van der Waals surface area (Å²) >= 11 is 0. The van der Waals surface area contributed by atoms with Gasteiger partial charge in [-0.05, 0) is 5.56 Å². The molecule has 0 spiro atoms. The number of imide groups is 1. The van der Waals surface area contributed by atoms with Gasteiger partial charge in [-0.15, -0.1) is 0 Å². The van der Waals surface area contributed by atoms with E-state index in [0.29, 0.717) is 0 Å². The van der Waals surface area contributed by atoms with Crippen LogP contribution >= 0.6 is 0 Å². The van der Waals surface area contributed by atoms with E-state index < -0.39 is 42.1 Å². The summed E-state index contributed by atoms with van der Waals surface area (Å²) in [5.74, 6) is -3.47. The van der Waals surface area contributed by atoms with Crippen LogP contribution in [0.5, 0.6) is 0 Å². The van der Waals surface area contributed by atoms with Crippen LogP contribution in [-0.4, -0.2) is 98.7 Å². The van der Waals surface area contributed by atoms with Crippen molar-refractivity contribution in [2.75, 3.05) is 46.4 Å². The number of nitrogens with one attached hydrogen (secondary N) is 5. The van der Waals surface area contributed by atoms with E-state index in [1.54, 1.807) is 31.2 Å². The van der Waals surface area contributed by atoms with E-state index in [9.17, 15) is 33.6 Å². The molecule has 1 fully saturated rings. The topological polar surface area (TPSA) is 192 Å². The van der Waals surface area contributed by atoms with Gasteiger partial charge in [0, 0.05) is 32.2 Å². The zero-order valence-electron chi connectivity index (χ0n) is 22.6. The highest BCUT2D eigenvalue weighted by atomic mass is 16.5. The molecule has 0 radical (unpaired) electrons. The van der Waals surface area contributed by atoms with Crippen molar-refractivity contribution in [1.82, 2.24) is 31.5 Å². The molecule has 1 saturated heterocycles. The van der Waals surface area contributed by atoms with Gasteiger partial charge in [-0.1, -0.05) is 37.3 Å². The number of hydrogen-bond donors (Lipinski definition) is 5. The highest BCUT2D eigenvalue weighted by Crippen LogP contribution is 2.18. The van der Waals surface area contributed by atoms with Crippen LogP contribution < -0.4 is 26.6 Å². The number of hydrogen-bond acceptors (Lipinski definition) is 8. The summed E-state index contributed by atoms with van der Waals surface area (Å²) in [5, 5.41) is 12.2. The van der Waals surface area contributed by atoms with Crippen molar-refractivity contribution in [3.05, 3.63) is 35.9 Å². The normalized spacial score (nSPS) is 15.2. The first-order chi connectivity index (χ1) is 19.1. The lowest BCUT2D eigenvalue weighted by Crippen LogP contribution is -2.52. The molecule has 2 atom stereocenters. The average Bonchev–Trinajstić information content (AvgIpc) is 3.19. The Morgan fingerprint density at radius 1 is 0.900 bits per heavy atom. The monoisotopic (exact) mass is 560 g/mol. The van der Waals surface area contributed by atoms with Crippen molar-refractivity contribution in [1.29, 1.82) is 0 Å². The Hall–Kier alpha value is -4.33. The van der Waals surface area contributed by atoms with E-state index >= 15 is 0 Å². The Bertz CT molecular complexity index is 1080. The van der Waals surface area contributed by atoms with Crippen molar-refractivity contribution in [2.45, 2.75) is 32.2 Å². The highest BCUT2D eigenvalue weighted by molar-refractivity contribution is 6.03. The average molecular weight is 561 g/mol. The van der Waals surface area contributed by atoms with Crippen LogP contribution in [0.3, 0.4) is 0 Å². The quantitative estimate of drug-likeness (QED) is 0.109. The van der Waals surface area contributed by atoms with Crippen LogP contribution in [0.4, 0.5) is 0 Å². The number of nitrogens with zero attached hydrogens (tertiary/aromatic N) is 1. The van der Waals surface area contributed by atoms with Gasteiger partial charge in [0.05, 0.1) is 39.4 Å². The lowest BCUT2D eigenvalue weighted by molar-refractivity contribution is -0.140. The summed E-state index contributed by atoms with van der Waals surface area (Å²) in [4.78, 5) is 85.1. The first kappa shape index (κ1) is 31.9. The molecule has 218 valence electrons. The van der Waals surface area contributed by atoms with E-state index in [-0.39, 0.29) is 69.8 Å². The first-order valence-corrected chi connectivity index (χ1v) is 12.9. The van der Waals surface area contributed by atoms with Crippen LogP contribution in [0, 0.1) is 5.92 Å². The van der Waals surface area contributed by atoms with Crippen LogP contribution in [0.15, 0.2) is 30.3 Å². The number of carbonyl (C=O) groups is 7. The van der Waals surface area contributed by atoms with Crippen molar-refractivity contribution in [3.63, 3.8) is 0 Å². The number of benzene rings is 1. The molecule has 0 aromatic heterocycles. The third kappa shape index (κ3) is 11.2. The molecule has 2 unspecified atom stereocenters. The predicted octanol–water partition coefficient (Wildman–Crippen LogP) is -2.39. The number of carbonyl (C=O) groups excluding carboxylic acids is 7. The van der Waals surface area contributed by atoms with Crippen molar-refractivity contribution in [3.8, 4) is 0 Å². The van der Waals surface area contributed by atoms with Gasteiger partial charge in [-0.2, -0.15) is 0 Å². The van der Waals surface area contributed by atoms with E-state index in [1.807, 2.05) is 6.07 Å². The maximum atomic E-state index is 12.6. The van der Waals surface area contributed by atoms with Crippen molar-refractivity contribution >= 4 is 41.4 Å². The third-order valence-corrected chi connectivity index (χ3v) is 5.93. The predicted molar refractivity (Wildman–Crippen MR) is 141 cm³/mol. The zero-order chi connectivity index (χ0) is 29.5. The van der Waals surface area contributed by atoms with Crippen LogP contribution in [0.25, 0.3) is 0 Å². The summed E-state index contributed by atoms with van der Waals surface area (Å²) in [6.07, 6.45) is 0.314. The SMILES string of the molecule is CNC(=O)CNC(=O)C(Cc1ccccc1)NC(=O)CNC(=O)CNC(=O)CCOCCN1C(=O)CC(C)C1=O. The van der Waals surface area contributed by atoms with E-state index in [1.165, 1.54) is 7.05 Å². The van der Waals surface area contributed by atoms with Gasteiger partial charge in [-0.25, -0.2) is 0 Å². The van der Waals surface area contributed by atoms with Gasteiger partial charge in [0.2, 0.25) is 41.4 Å². The minimum absolute atomic E-state index is 0.0341. The number of likely N-dealkylation sites (N-methyl/N-ethyl adjacent to an activating group) is 1. The fraction of sp³-hybridized carbons (Fsp3) is 0.500. The van der Waals surface area contributed by atoms with Gasteiger partial charge in [0.25, 0.3) is 0 Å². The number of ether oxygens (including phenoxy) is 1. The molecular formula is C26H36N6O8. The van der Waals surface area contributed by atoms with Crippen LogP contribution in [-0.2, 0) is 44.7 Å². The summed E-state index contributed by atoms with van der Waals surface area (Å²) < 4.78 is 5.30. The second-order valence-electron chi connectivity index (χ2n) is 9.11. The second-order valence-corrected chi connectivity index (χ2v) is 9.11. The fourth-order valence-electron chi connectivity index (χ4n) is 3.70. The Morgan fingerprint density at radius 3 is 2.20 bits per heavy atom. The minimum Gasteiger partial charge on any atom is -0.379 e. The van der Waals surface area contributed by atoms with Gasteiger partial charge in [-0.3, -0.25) is 38.5 Å². The summed E-state index contributed by atoms with van der Waals surface area (Å²) in [6.45, 7) is 0.881. The maximum absolute atomic E-state index is 12.6. The molecular weight excluding hydrogens is 524 g/mol. The molecule has 7 amide bonds. The lowest BCUT2D eigenvalue weighted by Gasteiger charge is -2.19. The molecule has 2 rings (SSSR count). The molecule has 14 heteroatoms. The van der Waals surface area contributed by atoms with Crippen LogP contribution in [0.1, 0.15) is 25.3 Å². The number of amides is 7. The molecule has 40 heavy (non-hydrogen) atoms.